The molecule has 0 atom stereocenters. The molecule has 0 spiro atoms. The minimum atomic E-state index is -0.196. The third-order valence-corrected chi connectivity index (χ3v) is 3.34. The Morgan fingerprint density at radius 2 is 1.78 bits per heavy atom. The summed E-state index contributed by atoms with van der Waals surface area (Å²) in [6.45, 7) is 6.28. The molecule has 1 saturated heterocycles. The van der Waals surface area contributed by atoms with E-state index in [9.17, 15) is 9.18 Å². The number of carbonyl (C=O) groups is 1. The molecule has 98 valence electrons. The number of ketones is 1. The number of benzene rings is 1. The number of nitrogens with zero attached hydrogens (tertiary/aromatic N) is 2. The van der Waals surface area contributed by atoms with Gasteiger partial charge < -0.3 is 4.90 Å². The summed E-state index contributed by atoms with van der Waals surface area (Å²) >= 11 is 0. The van der Waals surface area contributed by atoms with Crippen LogP contribution in [0, 0.1) is 5.82 Å². The fourth-order valence-electron chi connectivity index (χ4n) is 2.20. The molecule has 1 aliphatic heterocycles. The van der Waals surface area contributed by atoms with Crippen molar-refractivity contribution < 1.29 is 9.18 Å². The van der Waals surface area contributed by atoms with Crippen LogP contribution < -0.4 is 4.90 Å². The molecule has 0 amide bonds. The highest BCUT2D eigenvalue weighted by atomic mass is 19.1. The van der Waals surface area contributed by atoms with Gasteiger partial charge in [-0.05, 0) is 31.2 Å². The summed E-state index contributed by atoms with van der Waals surface area (Å²) in [7, 11) is 0. The quantitative estimate of drug-likeness (QED) is 0.815. The Kier molecular flexibility index (Phi) is 4.31. The van der Waals surface area contributed by atoms with E-state index in [4.69, 9.17) is 0 Å². The highest BCUT2D eigenvalue weighted by molar-refractivity contribution is 5.75. The molecule has 18 heavy (non-hydrogen) atoms. The Hall–Kier alpha value is -1.42. The summed E-state index contributed by atoms with van der Waals surface area (Å²) in [5.41, 5.74) is 1.07. The molecule has 3 nitrogen and oxygen atoms in total. The van der Waals surface area contributed by atoms with Gasteiger partial charge in [-0.1, -0.05) is 0 Å². The van der Waals surface area contributed by atoms with Crippen molar-refractivity contribution in [2.45, 2.75) is 13.3 Å². The van der Waals surface area contributed by atoms with Gasteiger partial charge in [0.1, 0.15) is 11.6 Å². The van der Waals surface area contributed by atoms with E-state index < -0.39 is 0 Å². The maximum Gasteiger partial charge on any atom is 0.131 e. The van der Waals surface area contributed by atoms with E-state index in [0.717, 1.165) is 38.4 Å². The number of halogens is 1. The van der Waals surface area contributed by atoms with Crippen LogP contribution in [0.25, 0.3) is 0 Å². The van der Waals surface area contributed by atoms with Crippen LogP contribution in [-0.2, 0) is 4.79 Å². The Morgan fingerprint density at radius 3 is 2.33 bits per heavy atom. The third kappa shape index (κ3) is 3.53. The highest BCUT2D eigenvalue weighted by Gasteiger charge is 2.17. The Balaban J connectivity index is 1.83. The molecule has 1 aromatic rings. The monoisotopic (exact) mass is 250 g/mol. The lowest BCUT2D eigenvalue weighted by Crippen LogP contribution is -2.46. The van der Waals surface area contributed by atoms with Crippen LogP contribution in [0.3, 0.4) is 0 Å². The molecule has 0 unspecified atom stereocenters. The fourth-order valence-corrected chi connectivity index (χ4v) is 2.20. The van der Waals surface area contributed by atoms with Crippen LogP contribution in [-0.4, -0.2) is 43.4 Å². The van der Waals surface area contributed by atoms with Gasteiger partial charge in [0.2, 0.25) is 0 Å². The van der Waals surface area contributed by atoms with Crippen molar-refractivity contribution in [3.05, 3.63) is 30.1 Å². The van der Waals surface area contributed by atoms with Gasteiger partial charge in [0.05, 0.1) is 0 Å². The van der Waals surface area contributed by atoms with Crippen molar-refractivity contribution in [3.63, 3.8) is 0 Å². The predicted octanol–water partition coefficient (Wildman–Crippen LogP) is 1.93. The number of rotatable bonds is 4. The Labute approximate surface area is 107 Å². The molecular formula is C14H19FN2O. The molecule has 2 rings (SSSR count). The third-order valence-electron chi connectivity index (χ3n) is 3.34. The first-order valence-electron chi connectivity index (χ1n) is 6.37. The maximum atomic E-state index is 12.8. The predicted molar refractivity (Wildman–Crippen MR) is 70.4 cm³/mol. The largest absolute Gasteiger partial charge is 0.369 e. The lowest BCUT2D eigenvalue weighted by atomic mass is 10.2. The number of anilines is 1. The molecule has 1 heterocycles. The second-order valence-corrected chi connectivity index (χ2v) is 4.76. The van der Waals surface area contributed by atoms with E-state index in [0.29, 0.717) is 6.42 Å². The molecule has 0 aliphatic carbocycles. The topological polar surface area (TPSA) is 23.6 Å². The van der Waals surface area contributed by atoms with Crippen molar-refractivity contribution in [2.24, 2.45) is 0 Å². The van der Waals surface area contributed by atoms with Crippen molar-refractivity contribution in [1.29, 1.82) is 0 Å². The van der Waals surface area contributed by atoms with Crippen LogP contribution in [0.1, 0.15) is 13.3 Å². The van der Waals surface area contributed by atoms with Gasteiger partial charge in [-0.2, -0.15) is 0 Å². The van der Waals surface area contributed by atoms with Gasteiger partial charge >= 0.3 is 0 Å². The number of carbonyl (C=O) groups excluding carboxylic acids is 1. The van der Waals surface area contributed by atoms with Crippen LogP contribution in [0.2, 0.25) is 0 Å². The van der Waals surface area contributed by atoms with Crippen molar-refractivity contribution in [2.75, 3.05) is 37.6 Å². The minimum absolute atomic E-state index is 0.196. The van der Waals surface area contributed by atoms with Gasteiger partial charge in [-0.3, -0.25) is 9.69 Å². The summed E-state index contributed by atoms with van der Waals surface area (Å²) < 4.78 is 12.8. The smallest absolute Gasteiger partial charge is 0.131 e. The number of hydrogen-bond acceptors (Lipinski definition) is 3. The zero-order valence-electron chi connectivity index (χ0n) is 10.7. The fraction of sp³-hybridized carbons (Fsp3) is 0.500. The van der Waals surface area contributed by atoms with Crippen molar-refractivity contribution in [1.82, 2.24) is 4.90 Å². The summed E-state index contributed by atoms with van der Waals surface area (Å²) in [6.07, 6.45) is 0.635. The van der Waals surface area contributed by atoms with Gasteiger partial charge in [-0.25, -0.2) is 4.39 Å². The SMILES string of the molecule is CC(=O)CCN1CCN(c2ccc(F)cc2)CC1. The standard InChI is InChI=1S/C14H19FN2O/c1-12(18)6-7-16-8-10-17(11-9-16)14-4-2-13(15)3-5-14/h2-5H,6-11H2,1H3. The summed E-state index contributed by atoms with van der Waals surface area (Å²) in [6, 6.07) is 6.63. The average molecular weight is 250 g/mol. The minimum Gasteiger partial charge on any atom is -0.369 e. The second kappa shape index (κ2) is 5.96. The average Bonchev–Trinajstić information content (AvgIpc) is 2.38. The van der Waals surface area contributed by atoms with Gasteiger partial charge in [0.15, 0.2) is 0 Å². The maximum absolute atomic E-state index is 12.8. The Bertz CT molecular complexity index is 397. The zero-order chi connectivity index (χ0) is 13.0. The van der Waals surface area contributed by atoms with E-state index in [1.165, 1.54) is 12.1 Å². The summed E-state index contributed by atoms with van der Waals surface area (Å²) in [5, 5.41) is 0. The van der Waals surface area contributed by atoms with Gasteiger partial charge in [0, 0.05) is 44.8 Å². The molecule has 0 radical (unpaired) electrons. The van der Waals surface area contributed by atoms with E-state index in [1.54, 1.807) is 6.92 Å². The van der Waals surface area contributed by atoms with E-state index in [2.05, 4.69) is 9.80 Å². The molecule has 1 aromatic carbocycles. The lowest BCUT2D eigenvalue weighted by molar-refractivity contribution is -0.117. The molecule has 1 fully saturated rings. The van der Waals surface area contributed by atoms with Crippen molar-refractivity contribution >= 4 is 11.5 Å². The molecule has 1 aliphatic rings. The molecule has 4 heteroatoms. The van der Waals surface area contributed by atoms with Gasteiger partial charge in [-0.15, -0.1) is 0 Å². The summed E-state index contributed by atoms with van der Waals surface area (Å²) in [4.78, 5) is 15.5. The molecule has 0 N–H and O–H groups in total. The first kappa shape index (κ1) is 13.0. The van der Waals surface area contributed by atoms with Gasteiger partial charge in [0.25, 0.3) is 0 Å². The number of hydrogen-bond donors (Lipinski definition) is 0. The summed E-state index contributed by atoms with van der Waals surface area (Å²) in [5.74, 6) is 0.0507. The first-order chi connectivity index (χ1) is 8.65. The van der Waals surface area contributed by atoms with Crippen LogP contribution in [0.4, 0.5) is 10.1 Å². The van der Waals surface area contributed by atoms with E-state index in [1.807, 2.05) is 12.1 Å². The number of Topliss-reactive ketones (excluding diaryl/α,β-unsaturated/α-hetero) is 1. The first-order valence-corrected chi connectivity index (χ1v) is 6.37. The molecule has 0 aromatic heterocycles. The number of piperazine rings is 1. The second-order valence-electron chi connectivity index (χ2n) is 4.76. The normalized spacial score (nSPS) is 16.9. The molecular weight excluding hydrogens is 231 g/mol. The Morgan fingerprint density at radius 1 is 1.17 bits per heavy atom. The zero-order valence-corrected chi connectivity index (χ0v) is 10.7. The van der Waals surface area contributed by atoms with Crippen LogP contribution in [0.5, 0.6) is 0 Å². The highest BCUT2D eigenvalue weighted by Crippen LogP contribution is 2.16. The van der Waals surface area contributed by atoms with Crippen LogP contribution >= 0.6 is 0 Å². The van der Waals surface area contributed by atoms with Crippen molar-refractivity contribution in [3.8, 4) is 0 Å². The molecule has 0 saturated carbocycles. The van der Waals surface area contributed by atoms with E-state index >= 15 is 0 Å². The van der Waals surface area contributed by atoms with E-state index in [-0.39, 0.29) is 11.6 Å². The lowest BCUT2D eigenvalue weighted by Gasteiger charge is -2.36. The van der Waals surface area contributed by atoms with Crippen LogP contribution in [0.15, 0.2) is 24.3 Å². The molecule has 0 bridgehead atoms.